The maximum Gasteiger partial charge on any atom is 0.338 e. The van der Waals surface area contributed by atoms with Crippen molar-refractivity contribution in [3.05, 3.63) is 29.3 Å². The van der Waals surface area contributed by atoms with Crippen molar-refractivity contribution in [2.75, 3.05) is 5.32 Å². The third-order valence-corrected chi connectivity index (χ3v) is 2.45. The van der Waals surface area contributed by atoms with Crippen molar-refractivity contribution in [3.8, 4) is 0 Å². The van der Waals surface area contributed by atoms with E-state index in [1.165, 1.54) is 0 Å². The summed E-state index contributed by atoms with van der Waals surface area (Å²) >= 11 is 0. The normalized spacial score (nSPS) is 14.1. The molecule has 1 aliphatic rings. The first-order chi connectivity index (χ1) is 8.47. The first kappa shape index (κ1) is 12.3. The number of carbonyl (C=O) groups is 2. The fourth-order valence-electron chi connectivity index (χ4n) is 1.38. The molecule has 0 aromatic heterocycles. The van der Waals surface area contributed by atoms with Crippen molar-refractivity contribution < 1.29 is 23.5 Å². The first-order valence-electron chi connectivity index (χ1n) is 5.27. The molecule has 0 atom stereocenters. The number of carboxylic acids is 1. The Bertz CT molecular complexity index is 515. The van der Waals surface area contributed by atoms with Gasteiger partial charge >= 0.3 is 12.0 Å². The summed E-state index contributed by atoms with van der Waals surface area (Å²) < 4.78 is 26.4. The molecule has 1 aromatic rings. The second-order valence-electron chi connectivity index (χ2n) is 3.99. The second kappa shape index (κ2) is 4.59. The molecule has 0 spiro atoms. The summed E-state index contributed by atoms with van der Waals surface area (Å²) in [6, 6.07) is 0.613. The van der Waals surface area contributed by atoms with Crippen molar-refractivity contribution >= 4 is 17.7 Å². The molecule has 0 heterocycles. The number of anilines is 1. The predicted octanol–water partition coefficient (Wildman–Crippen LogP) is 1.95. The molecule has 1 saturated carbocycles. The van der Waals surface area contributed by atoms with Gasteiger partial charge in [-0.25, -0.2) is 18.4 Å². The summed E-state index contributed by atoms with van der Waals surface area (Å²) in [4.78, 5) is 22.0. The van der Waals surface area contributed by atoms with E-state index >= 15 is 0 Å². The van der Waals surface area contributed by atoms with Crippen LogP contribution in [0.1, 0.15) is 23.2 Å². The Morgan fingerprint density at radius 3 is 2.44 bits per heavy atom. The van der Waals surface area contributed by atoms with Crippen molar-refractivity contribution in [1.82, 2.24) is 5.32 Å². The van der Waals surface area contributed by atoms with E-state index in [0.29, 0.717) is 6.07 Å². The Morgan fingerprint density at radius 1 is 1.22 bits per heavy atom. The van der Waals surface area contributed by atoms with Crippen LogP contribution in [-0.2, 0) is 0 Å². The highest BCUT2D eigenvalue weighted by atomic mass is 19.1. The minimum absolute atomic E-state index is 0.0763. The molecule has 7 heteroatoms. The van der Waals surface area contributed by atoms with Crippen LogP contribution in [0.5, 0.6) is 0 Å². The summed E-state index contributed by atoms with van der Waals surface area (Å²) in [6.45, 7) is 0. The molecule has 1 aliphatic carbocycles. The van der Waals surface area contributed by atoms with Crippen molar-refractivity contribution in [2.24, 2.45) is 0 Å². The lowest BCUT2D eigenvalue weighted by Crippen LogP contribution is -2.30. The Morgan fingerprint density at radius 2 is 1.89 bits per heavy atom. The van der Waals surface area contributed by atoms with Gasteiger partial charge in [-0.05, 0) is 18.9 Å². The van der Waals surface area contributed by atoms with Gasteiger partial charge in [0.25, 0.3) is 0 Å². The van der Waals surface area contributed by atoms with Crippen LogP contribution in [0.3, 0.4) is 0 Å². The molecule has 18 heavy (non-hydrogen) atoms. The van der Waals surface area contributed by atoms with Gasteiger partial charge < -0.3 is 15.7 Å². The number of carboxylic acid groups (broad SMARTS) is 1. The van der Waals surface area contributed by atoms with Crippen LogP contribution in [-0.4, -0.2) is 23.1 Å². The van der Waals surface area contributed by atoms with E-state index in [2.05, 4.69) is 10.6 Å². The highest BCUT2D eigenvalue weighted by Crippen LogP contribution is 2.21. The average molecular weight is 256 g/mol. The number of hydrogen-bond donors (Lipinski definition) is 3. The Hall–Kier alpha value is -2.18. The average Bonchev–Trinajstić information content (AvgIpc) is 3.05. The summed E-state index contributed by atoms with van der Waals surface area (Å²) in [5, 5.41) is 13.4. The molecule has 2 amide bonds. The molecule has 0 unspecified atom stereocenters. The maximum absolute atomic E-state index is 13.3. The standard InChI is InChI=1S/C11H10F2N2O3/c12-7-4-8(13)9(3-6(7)10(16)17)15-11(18)14-5-1-2-5/h3-5H,1-2H2,(H,16,17)(H2,14,15,18). The Labute approximate surface area is 101 Å². The maximum atomic E-state index is 13.3. The van der Waals surface area contributed by atoms with Crippen molar-refractivity contribution in [2.45, 2.75) is 18.9 Å². The van der Waals surface area contributed by atoms with Gasteiger partial charge in [0.15, 0.2) is 0 Å². The zero-order chi connectivity index (χ0) is 13.3. The molecule has 5 nitrogen and oxygen atoms in total. The van der Waals surface area contributed by atoms with Crippen LogP contribution in [0.25, 0.3) is 0 Å². The van der Waals surface area contributed by atoms with Gasteiger partial charge in [-0.3, -0.25) is 0 Å². The molecule has 3 N–H and O–H groups in total. The van der Waals surface area contributed by atoms with E-state index in [9.17, 15) is 18.4 Å². The first-order valence-corrected chi connectivity index (χ1v) is 5.27. The predicted molar refractivity (Wildman–Crippen MR) is 58.5 cm³/mol. The molecular weight excluding hydrogens is 246 g/mol. The van der Waals surface area contributed by atoms with Crippen molar-refractivity contribution in [1.29, 1.82) is 0 Å². The van der Waals surface area contributed by atoms with E-state index in [4.69, 9.17) is 5.11 Å². The monoisotopic (exact) mass is 256 g/mol. The zero-order valence-corrected chi connectivity index (χ0v) is 9.17. The fourth-order valence-corrected chi connectivity index (χ4v) is 1.38. The number of amides is 2. The molecule has 96 valence electrons. The lowest BCUT2D eigenvalue weighted by Gasteiger charge is -2.08. The number of hydrogen-bond acceptors (Lipinski definition) is 2. The van der Waals surface area contributed by atoms with Crippen LogP contribution < -0.4 is 10.6 Å². The van der Waals surface area contributed by atoms with Crippen LogP contribution >= 0.6 is 0 Å². The number of urea groups is 1. The summed E-state index contributed by atoms with van der Waals surface area (Å²) in [7, 11) is 0. The third-order valence-electron chi connectivity index (χ3n) is 2.45. The topological polar surface area (TPSA) is 78.4 Å². The van der Waals surface area contributed by atoms with Gasteiger partial charge in [-0.2, -0.15) is 0 Å². The third kappa shape index (κ3) is 2.73. The molecular formula is C11H10F2N2O3. The SMILES string of the molecule is O=C(Nc1cc(C(=O)O)c(F)cc1F)NC1CC1. The second-order valence-corrected chi connectivity index (χ2v) is 3.99. The van der Waals surface area contributed by atoms with Crippen LogP contribution in [0.2, 0.25) is 0 Å². The molecule has 0 bridgehead atoms. The van der Waals surface area contributed by atoms with Gasteiger partial charge in [0, 0.05) is 12.1 Å². The minimum Gasteiger partial charge on any atom is -0.478 e. The van der Waals surface area contributed by atoms with Gasteiger partial charge in [0.2, 0.25) is 0 Å². The molecule has 1 aromatic carbocycles. The van der Waals surface area contributed by atoms with Gasteiger partial charge in [0.1, 0.15) is 11.6 Å². The van der Waals surface area contributed by atoms with E-state index in [0.717, 1.165) is 18.9 Å². The largest absolute Gasteiger partial charge is 0.478 e. The smallest absolute Gasteiger partial charge is 0.338 e. The lowest BCUT2D eigenvalue weighted by molar-refractivity contribution is 0.0692. The van der Waals surface area contributed by atoms with Crippen LogP contribution in [0.4, 0.5) is 19.3 Å². The Kier molecular flexibility index (Phi) is 3.14. The summed E-state index contributed by atoms with van der Waals surface area (Å²) in [5.41, 5.74) is -1.06. The molecule has 0 radical (unpaired) electrons. The van der Waals surface area contributed by atoms with Gasteiger partial charge in [-0.1, -0.05) is 0 Å². The lowest BCUT2D eigenvalue weighted by atomic mass is 10.2. The van der Waals surface area contributed by atoms with Gasteiger partial charge in [-0.15, -0.1) is 0 Å². The summed E-state index contributed by atoms with van der Waals surface area (Å²) in [5.74, 6) is -3.74. The quantitative estimate of drug-likeness (QED) is 0.773. The molecule has 2 rings (SSSR count). The number of nitrogens with one attached hydrogen (secondary N) is 2. The van der Waals surface area contributed by atoms with Crippen LogP contribution in [0.15, 0.2) is 12.1 Å². The minimum atomic E-state index is -1.53. The van der Waals surface area contributed by atoms with Gasteiger partial charge in [0.05, 0.1) is 11.3 Å². The number of benzene rings is 1. The van der Waals surface area contributed by atoms with Crippen molar-refractivity contribution in [3.63, 3.8) is 0 Å². The highest BCUT2D eigenvalue weighted by Gasteiger charge is 2.24. The molecule has 0 saturated heterocycles. The van der Waals surface area contributed by atoms with E-state index < -0.39 is 29.2 Å². The Balaban J connectivity index is 2.17. The number of carbonyl (C=O) groups excluding carboxylic acids is 1. The van der Waals surface area contributed by atoms with E-state index in [-0.39, 0.29) is 11.7 Å². The number of rotatable bonds is 3. The number of halogens is 2. The van der Waals surface area contributed by atoms with E-state index in [1.807, 2.05) is 0 Å². The summed E-state index contributed by atoms with van der Waals surface area (Å²) in [6.07, 6.45) is 1.72. The molecule has 1 fully saturated rings. The zero-order valence-electron chi connectivity index (χ0n) is 9.17. The fraction of sp³-hybridized carbons (Fsp3) is 0.273. The highest BCUT2D eigenvalue weighted by molar-refractivity contribution is 5.93. The van der Waals surface area contributed by atoms with Crippen LogP contribution in [0, 0.1) is 11.6 Å². The number of aromatic carboxylic acids is 1. The van der Waals surface area contributed by atoms with E-state index in [1.54, 1.807) is 0 Å². The molecule has 0 aliphatic heterocycles.